The predicted octanol–water partition coefficient (Wildman–Crippen LogP) is 4.71. The fourth-order valence-corrected chi connectivity index (χ4v) is 3.45. The number of hydrogen-bond donors (Lipinski definition) is 2. The zero-order chi connectivity index (χ0) is 23.9. The molecule has 8 nitrogen and oxygen atoms in total. The third kappa shape index (κ3) is 4.96. The predicted molar refractivity (Wildman–Crippen MR) is 132 cm³/mol. The summed E-state index contributed by atoms with van der Waals surface area (Å²) < 4.78 is 17.4. The molecule has 0 fully saturated rings. The van der Waals surface area contributed by atoms with E-state index in [1.54, 1.807) is 48.5 Å². The van der Waals surface area contributed by atoms with Crippen molar-refractivity contribution in [1.29, 1.82) is 0 Å². The average Bonchev–Trinajstić information content (AvgIpc) is 3.22. The zero-order valence-electron chi connectivity index (χ0n) is 18.7. The zero-order valence-corrected chi connectivity index (χ0v) is 18.7. The highest BCUT2D eigenvalue weighted by atomic mass is 16.5. The Morgan fingerprint density at radius 2 is 1.76 bits per heavy atom. The van der Waals surface area contributed by atoms with Crippen LogP contribution in [-0.4, -0.2) is 32.1 Å². The van der Waals surface area contributed by atoms with Crippen molar-refractivity contribution in [3.8, 4) is 11.5 Å². The molecule has 0 radical (unpaired) electrons. The van der Waals surface area contributed by atoms with Gasteiger partial charge in [0.1, 0.15) is 17.9 Å². The molecule has 3 aromatic carbocycles. The van der Waals surface area contributed by atoms with Gasteiger partial charge in [0, 0.05) is 5.56 Å². The van der Waals surface area contributed by atoms with E-state index in [1.807, 2.05) is 31.2 Å². The standard InChI is InChI=1S/C26H25N3O5/c1-2-32-24-20-7-3-6-10-23(20)34-26(24)29(17-30)15-16-33-19-13-11-18(12-14-19)25(31)28-22-9-5-4-8-21(22)27/h3-14,17H,2,15-16,27H2,1H3,(H,28,31). The second-order valence-corrected chi connectivity index (χ2v) is 7.38. The van der Waals surface area contributed by atoms with Gasteiger partial charge in [-0.3, -0.25) is 14.5 Å². The lowest BCUT2D eigenvalue weighted by molar-refractivity contribution is -0.107. The molecule has 0 aliphatic rings. The average molecular weight is 460 g/mol. The summed E-state index contributed by atoms with van der Waals surface area (Å²) in [5.41, 5.74) is 8.03. The fourth-order valence-electron chi connectivity index (χ4n) is 3.45. The van der Waals surface area contributed by atoms with E-state index in [0.717, 1.165) is 5.39 Å². The molecule has 0 saturated carbocycles. The quantitative estimate of drug-likeness (QED) is 0.263. The molecule has 3 N–H and O–H groups in total. The van der Waals surface area contributed by atoms with Gasteiger partial charge in [0.05, 0.1) is 29.9 Å². The van der Waals surface area contributed by atoms with Gasteiger partial charge in [0.25, 0.3) is 5.91 Å². The topological polar surface area (TPSA) is 107 Å². The lowest BCUT2D eigenvalue weighted by Gasteiger charge is -2.16. The van der Waals surface area contributed by atoms with Crippen LogP contribution in [0.15, 0.2) is 77.2 Å². The summed E-state index contributed by atoms with van der Waals surface area (Å²) >= 11 is 0. The van der Waals surface area contributed by atoms with E-state index in [1.165, 1.54) is 4.90 Å². The molecule has 2 amide bonds. The summed E-state index contributed by atoms with van der Waals surface area (Å²) in [6.45, 7) is 2.78. The molecule has 0 aliphatic carbocycles. The van der Waals surface area contributed by atoms with Crippen molar-refractivity contribution < 1.29 is 23.5 Å². The van der Waals surface area contributed by atoms with Crippen molar-refractivity contribution in [2.45, 2.75) is 6.92 Å². The molecule has 4 rings (SSSR count). The van der Waals surface area contributed by atoms with Gasteiger partial charge < -0.3 is 24.9 Å². The number of benzene rings is 3. The van der Waals surface area contributed by atoms with Crippen molar-refractivity contribution in [1.82, 2.24) is 0 Å². The minimum absolute atomic E-state index is 0.216. The highest BCUT2D eigenvalue weighted by Gasteiger charge is 2.21. The van der Waals surface area contributed by atoms with Gasteiger partial charge in [-0.2, -0.15) is 0 Å². The van der Waals surface area contributed by atoms with Gasteiger partial charge in [-0.15, -0.1) is 0 Å². The number of hydrogen-bond acceptors (Lipinski definition) is 6. The second-order valence-electron chi connectivity index (χ2n) is 7.38. The van der Waals surface area contributed by atoms with Crippen molar-refractivity contribution >= 4 is 40.5 Å². The summed E-state index contributed by atoms with van der Waals surface area (Å²) in [4.78, 5) is 25.7. The van der Waals surface area contributed by atoms with Crippen LogP contribution in [0.3, 0.4) is 0 Å². The number of carbonyl (C=O) groups is 2. The molecular formula is C26H25N3O5. The number of amides is 2. The number of nitrogens with one attached hydrogen (secondary N) is 1. The van der Waals surface area contributed by atoms with Gasteiger partial charge in [-0.1, -0.05) is 24.3 Å². The Bertz CT molecular complexity index is 1280. The molecular weight excluding hydrogens is 434 g/mol. The first-order valence-corrected chi connectivity index (χ1v) is 10.9. The maximum absolute atomic E-state index is 12.5. The molecule has 0 bridgehead atoms. The van der Waals surface area contributed by atoms with Gasteiger partial charge in [0.2, 0.25) is 12.3 Å². The summed E-state index contributed by atoms with van der Waals surface area (Å²) in [6.07, 6.45) is 0.687. The molecule has 0 saturated heterocycles. The van der Waals surface area contributed by atoms with E-state index < -0.39 is 0 Å². The Balaban J connectivity index is 1.38. The van der Waals surface area contributed by atoms with Gasteiger partial charge in [0.15, 0.2) is 5.75 Å². The third-order valence-corrected chi connectivity index (χ3v) is 5.14. The number of para-hydroxylation sites is 3. The second kappa shape index (κ2) is 10.4. The number of ether oxygens (including phenoxy) is 2. The van der Waals surface area contributed by atoms with Gasteiger partial charge in [-0.05, 0) is 55.5 Å². The largest absolute Gasteiger partial charge is 0.492 e. The number of carbonyl (C=O) groups excluding carboxylic acids is 2. The maximum Gasteiger partial charge on any atom is 0.255 e. The van der Waals surface area contributed by atoms with Crippen molar-refractivity contribution in [3.05, 3.63) is 78.4 Å². The first-order chi connectivity index (χ1) is 16.6. The van der Waals surface area contributed by atoms with Gasteiger partial charge in [-0.25, -0.2) is 0 Å². The van der Waals surface area contributed by atoms with Crippen LogP contribution in [0.4, 0.5) is 17.3 Å². The number of nitrogen functional groups attached to an aromatic ring is 1. The summed E-state index contributed by atoms with van der Waals surface area (Å²) in [7, 11) is 0. The Labute approximate surface area is 196 Å². The van der Waals surface area contributed by atoms with Crippen LogP contribution in [-0.2, 0) is 4.79 Å². The molecule has 0 atom stereocenters. The van der Waals surface area contributed by atoms with Crippen molar-refractivity contribution in [2.75, 3.05) is 35.7 Å². The Morgan fingerprint density at radius 1 is 1.03 bits per heavy atom. The Morgan fingerprint density at radius 3 is 2.50 bits per heavy atom. The molecule has 0 unspecified atom stereocenters. The van der Waals surface area contributed by atoms with Crippen LogP contribution in [0.5, 0.6) is 11.5 Å². The number of nitrogens with two attached hydrogens (primary N) is 1. The molecule has 174 valence electrons. The van der Waals surface area contributed by atoms with Crippen molar-refractivity contribution in [3.63, 3.8) is 0 Å². The first-order valence-electron chi connectivity index (χ1n) is 10.9. The smallest absolute Gasteiger partial charge is 0.255 e. The van der Waals surface area contributed by atoms with Crippen LogP contribution >= 0.6 is 0 Å². The molecule has 34 heavy (non-hydrogen) atoms. The van der Waals surface area contributed by atoms with Crippen molar-refractivity contribution in [2.24, 2.45) is 0 Å². The highest BCUT2D eigenvalue weighted by molar-refractivity contribution is 6.05. The summed E-state index contributed by atoms with van der Waals surface area (Å²) in [5, 5.41) is 3.59. The summed E-state index contributed by atoms with van der Waals surface area (Å²) in [5.74, 6) is 1.16. The fraction of sp³-hybridized carbons (Fsp3) is 0.154. The molecule has 0 aliphatic heterocycles. The number of fused-ring (bicyclic) bond motifs is 1. The van der Waals surface area contributed by atoms with Crippen LogP contribution < -0.4 is 25.4 Å². The molecule has 4 aromatic rings. The van der Waals surface area contributed by atoms with Crippen LogP contribution in [0.1, 0.15) is 17.3 Å². The number of nitrogens with zero attached hydrogens (tertiary/aromatic N) is 1. The Kier molecular flexibility index (Phi) is 6.98. The minimum Gasteiger partial charge on any atom is -0.492 e. The minimum atomic E-state index is -0.273. The monoisotopic (exact) mass is 459 g/mol. The molecule has 1 heterocycles. The van der Waals surface area contributed by atoms with E-state index in [-0.39, 0.29) is 19.1 Å². The van der Waals surface area contributed by atoms with Crippen LogP contribution in [0, 0.1) is 0 Å². The molecule has 1 aromatic heterocycles. The van der Waals surface area contributed by atoms with E-state index in [4.69, 9.17) is 19.6 Å². The molecule has 0 spiro atoms. The molecule has 8 heteroatoms. The van der Waals surface area contributed by atoms with Gasteiger partial charge >= 0.3 is 0 Å². The SMILES string of the molecule is CCOc1c(N(C=O)CCOc2ccc(C(=O)Nc3ccccc3N)cc2)oc2ccccc12. The van der Waals surface area contributed by atoms with E-state index >= 15 is 0 Å². The number of furan rings is 1. The van der Waals surface area contributed by atoms with E-state index in [2.05, 4.69) is 5.32 Å². The van der Waals surface area contributed by atoms with Crippen LogP contribution in [0.25, 0.3) is 11.0 Å². The van der Waals surface area contributed by atoms with E-state index in [0.29, 0.717) is 52.9 Å². The third-order valence-electron chi connectivity index (χ3n) is 5.14. The van der Waals surface area contributed by atoms with E-state index in [9.17, 15) is 9.59 Å². The first kappa shape index (κ1) is 22.7. The van der Waals surface area contributed by atoms with Crippen LogP contribution in [0.2, 0.25) is 0 Å². The Hall–Kier alpha value is -4.46. The number of anilines is 3. The maximum atomic E-state index is 12.5. The lowest BCUT2D eigenvalue weighted by Crippen LogP contribution is -2.26. The highest BCUT2D eigenvalue weighted by Crippen LogP contribution is 2.39. The summed E-state index contributed by atoms with van der Waals surface area (Å²) in [6, 6.07) is 21.2. The normalized spacial score (nSPS) is 10.6. The number of rotatable bonds is 10. The lowest BCUT2D eigenvalue weighted by atomic mass is 10.2.